The Morgan fingerprint density at radius 1 is 1.23 bits per heavy atom. The molecule has 0 aliphatic rings. The quantitative estimate of drug-likeness (QED) is 0.717. The van der Waals surface area contributed by atoms with Gasteiger partial charge in [0.25, 0.3) is 5.91 Å². The largest absolute Gasteiger partial charge is 0.452 e. The van der Waals surface area contributed by atoms with Crippen LogP contribution in [0.4, 0.5) is 0 Å². The zero-order valence-electron chi connectivity index (χ0n) is 15.4. The molecule has 6 nitrogen and oxygen atoms in total. The van der Waals surface area contributed by atoms with Crippen molar-refractivity contribution in [2.45, 2.75) is 26.8 Å². The maximum Gasteiger partial charge on any atom is 0.340 e. The van der Waals surface area contributed by atoms with Gasteiger partial charge in [-0.1, -0.05) is 30.3 Å². The van der Waals surface area contributed by atoms with E-state index in [0.717, 1.165) is 17.0 Å². The summed E-state index contributed by atoms with van der Waals surface area (Å²) in [5.41, 5.74) is 3.37. The van der Waals surface area contributed by atoms with E-state index in [-0.39, 0.29) is 18.9 Å². The van der Waals surface area contributed by atoms with E-state index >= 15 is 0 Å². The number of benzene rings is 1. The Kier molecular flexibility index (Phi) is 6.56. The van der Waals surface area contributed by atoms with Gasteiger partial charge in [-0.15, -0.1) is 0 Å². The first kappa shape index (κ1) is 19.3. The van der Waals surface area contributed by atoms with Crippen LogP contribution in [0.1, 0.15) is 33.7 Å². The first-order valence-corrected chi connectivity index (χ1v) is 8.42. The van der Waals surface area contributed by atoms with Gasteiger partial charge in [0.15, 0.2) is 6.61 Å². The number of hydrogen-bond donors (Lipinski definition) is 0. The van der Waals surface area contributed by atoms with Crippen LogP contribution in [0.15, 0.2) is 36.4 Å². The van der Waals surface area contributed by atoms with E-state index in [2.05, 4.69) is 0 Å². The summed E-state index contributed by atoms with van der Waals surface area (Å²) in [6.07, 6.45) is 0.247. The Hall–Kier alpha value is -3.07. The van der Waals surface area contributed by atoms with Gasteiger partial charge in [-0.25, -0.2) is 4.79 Å². The van der Waals surface area contributed by atoms with Crippen LogP contribution >= 0.6 is 0 Å². The predicted molar refractivity (Wildman–Crippen MR) is 97.6 cm³/mol. The van der Waals surface area contributed by atoms with E-state index < -0.39 is 5.97 Å². The molecular formula is C20H23N3O3. The SMILES string of the molecule is Cc1cc(C(=O)OCC(=O)N(C)CCC#N)c(C)n1Cc1ccccc1. The summed E-state index contributed by atoms with van der Waals surface area (Å²) in [5.74, 6) is -0.842. The number of ether oxygens (including phenoxy) is 1. The van der Waals surface area contributed by atoms with Crippen molar-refractivity contribution in [3.05, 3.63) is 58.9 Å². The number of aryl methyl sites for hydroxylation is 1. The third kappa shape index (κ3) is 4.73. The van der Waals surface area contributed by atoms with E-state index in [4.69, 9.17) is 10.00 Å². The second-order valence-corrected chi connectivity index (χ2v) is 6.16. The molecule has 0 saturated carbocycles. The maximum atomic E-state index is 12.4. The first-order chi connectivity index (χ1) is 12.4. The summed E-state index contributed by atoms with van der Waals surface area (Å²) >= 11 is 0. The molecule has 0 fully saturated rings. The number of aromatic nitrogens is 1. The van der Waals surface area contributed by atoms with E-state index in [1.54, 1.807) is 13.1 Å². The van der Waals surface area contributed by atoms with Gasteiger partial charge < -0.3 is 14.2 Å². The van der Waals surface area contributed by atoms with Crippen molar-refractivity contribution in [2.75, 3.05) is 20.2 Å². The summed E-state index contributed by atoms with van der Waals surface area (Å²) in [6, 6.07) is 13.8. The molecule has 0 aliphatic heterocycles. The van der Waals surface area contributed by atoms with Crippen LogP contribution in [0.3, 0.4) is 0 Å². The number of carbonyl (C=O) groups is 2. The number of amides is 1. The number of rotatable bonds is 7. The van der Waals surface area contributed by atoms with Crippen LogP contribution < -0.4 is 0 Å². The van der Waals surface area contributed by atoms with Crippen LogP contribution in [0.5, 0.6) is 0 Å². The Morgan fingerprint density at radius 3 is 2.58 bits per heavy atom. The van der Waals surface area contributed by atoms with E-state index in [1.807, 2.05) is 54.8 Å². The van der Waals surface area contributed by atoms with Crippen LogP contribution in [0, 0.1) is 25.2 Å². The molecule has 0 bridgehead atoms. The Morgan fingerprint density at radius 2 is 1.92 bits per heavy atom. The summed E-state index contributed by atoms with van der Waals surface area (Å²) in [7, 11) is 1.58. The first-order valence-electron chi connectivity index (χ1n) is 8.42. The number of esters is 1. The summed E-state index contributed by atoms with van der Waals surface area (Å²) in [4.78, 5) is 25.7. The van der Waals surface area contributed by atoms with Crippen LogP contribution in [0.2, 0.25) is 0 Å². The molecule has 0 saturated heterocycles. The predicted octanol–water partition coefficient (Wildman–Crippen LogP) is 2.68. The Labute approximate surface area is 153 Å². The molecule has 136 valence electrons. The fraction of sp³-hybridized carbons (Fsp3) is 0.350. The lowest BCUT2D eigenvalue weighted by molar-refractivity contribution is -0.133. The van der Waals surface area contributed by atoms with Crippen LogP contribution in [0.25, 0.3) is 0 Å². The molecule has 6 heteroatoms. The smallest absolute Gasteiger partial charge is 0.340 e. The van der Waals surface area contributed by atoms with Crippen molar-refractivity contribution in [1.29, 1.82) is 5.26 Å². The average molecular weight is 353 g/mol. The zero-order chi connectivity index (χ0) is 19.1. The molecule has 2 rings (SSSR count). The maximum absolute atomic E-state index is 12.4. The Bertz CT molecular complexity index is 819. The summed E-state index contributed by atoms with van der Waals surface area (Å²) in [6.45, 7) is 4.46. The van der Waals surface area contributed by atoms with Gasteiger partial charge in [0.05, 0.1) is 18.1 Å². The molecular weight excluding hydrogens is 330 g/mol. The Balaban J connectivity index is 2.03. The second kappa shape index (κ2) is 8.86. The number of likely N-dealkylation sites (N-methyl/N-ethyl adjacent to an activating group) is 1. The molecule has 0 aliphatic carbocycles. The number of carbonyl (C=O) groups excluding carboxylic acids is 2. The fourth-order valence-corrected chi connectivity index (χ4v) is 2.67. The standard InChI is InChI=1S/C20H23N3O3/c1-15-12-18(16(2)23(15)13-17-8-5-4-6-9-17)20(25)26-14-19(24)22(3)11-7-10-21/h4-6,8-9,12H,7,11,13-14H2,1-3H3. The summed E-state index contributed by atoms with van der Waals surface area (Å²) in [5, 5.41) is 8.55. The summed E-state index contributed by atoms with van der Waals surface area (Å²) < 4.78 is 7.21. The van der Waals surface area contributed by atoms with Crippen molar-refractivity contribution in [2.24, 2.45) is 0 Å². The van der Waals surface area contributed by atoms with Gasteiger partial charge in [0.2, 0.25) is 0 Å². The molecule has 1 aromatic carbocycles. The molecule has 0 radical (unpaired) electrons. The van der Waals surface area contributed by atoms with Crippen LogP contribution in [-0.2, 0) is 16.1 Å². The molecule has 0 atom stereocenters. The minimum atomic E-state index is -0.514. The van der Waals surface area contributed by atoms with Gasteiger partial charge >= 0.3 is 5.97 Å². The van der Waals surface area contributed by atoms with Crippen molar-refractivity contribution in [3.8, 4) is 6.07 Å². The molecule has 2 aromatic rings. The fourth-order valence-electron chi connectivity index (χ4n) is 2.67. The third-order valence-corrected chi connectivity index (χ3v) is 4.29. The van der Waals surface area contributed by atoms with E-state index in [9.17, 15) is 9.59 Å². The number of nitrogens with zero attached hydrogens (tertiary/aromatic N) is 3. The van der Waals surface area contributed by atoms with Crippen molar-refractivity contribution in [1.82, 2.24) is 9.47 Å². The van der Waals surface area contributed by atoms with E-state index in [0.29, 0.717) is 18.7 Å². The van der Waals surface area contributed by atoms with Gasteiger partial charge in [0.1, 0.15) is 0 Å². The van der Waals surface area contributed by atoms with Gasteiger partial charge in [-0.2, -0.15) is 5.26 Å². The number of hydrogen-bond acceptors (Lipinski definition) is 4. The van der Waals surface area contributed by atoms with Crippen molar-refractivity contribution in [3.63, 3.8) is 0 Å². The lowest BCUT2D eigenvalue weighted by Crippen LogP contribution is -2.32. The molecule has 26 heavy (non-hydrogen) atoms. The monoisotopic (exact) mass is 353 g/mol. The highest BCUT2D eigenvalue weighted by molar-refractivity contribution is 5.92. The molecule has 1 heterocycles. The van der Waals surface area contributed by atoms with Crippen molar-refractivity contribution < 1.29 is 14.3 Å². The molecule has 1 amide bonds. The molecule has 0 spiro atoms. The lowest BCUT2D eigenvalue weighted by atomic mass is 10.2. The normalized spacial score (nSPS) is 10.2. The van der Waals surface area contributed by atoms with Gasteiger partial charge in [0, 0.05) is 31.5 Å². The van der Waals surface area contributed by atoms with Crippen molar-refractivity contribution >= 4 is 11.9 Å². The topological polar surface area (TPSA) is 75.3 Å². The zero-order valence-corrected chi connectivity index (χ0v) is 15.4. The molecule has 1 aromatic heterocycles. The highest BCUT2D eigenvalue weighted by Crippen LogP contribution is 2.18. The molecule has 0 unspecified atom stereocenters. The number of nitriles is 1. The highest BCUT2D eigenvalue weighted by atomic mass is 16.5. The lowest BCUT2D eigenvalue weighted by Gasteiger charge is -2.15. The minimum absolute atomic E-state index is 0.247. The van der Waals surface area contributed by atoms with Crippen LogP contribution in [-0.4, -0.2) is 41.5 Å². The average Bonchev–Trinajstić information content (AvgIpc) is 2.93. The second-order valence-electron chi connectivity index (χ2n) is 6.16. The van der Waals surface area contributed by atoms with Gasteiger partial charge in [-0.05, 0) is 25.5 Å². The molecule has 0 N–H and O–H groups in total. The van der Waals surface area contributed by atoms with Gasteiger partial charge in [-0.3, -0.25) is 4.79 Å². The van der Waals surface area contributed by atoms with E-state index in [1.165, 1.54) is 4.90 Å². The third-order valence-electron chi connectivity index (χ3n) is 4.29. The highest BCUT2D eigenvalue weighted by Gasteiger charge is 2.19. The minimum Gasteiger partial charge on any atom is -0.452 e.